The lowest BCUT2D eigenvalue weighted by atomic mass is 10.1. The molecule has 1 aliphatic rings. The fourth-order valence-electron chi connectivity index (χ4n) is 2.16. The zero-order valence-corrected chi connectivity index (χ0v) is 11.8. The summed E-state index contributed by atoms with van der Waals surface area (Å²) >= 11 is 0. The number of ether oxygens (including phenoxy) is 2. The van der Waals surface area contributed by atoms with Crippen LogP contribution in [0.5, 0.6) is 11.5 Å². The standard InChI is InChI=1S/C16H13F2NO3/c1-9-6-14-15(22-5-4-21-14)8-13(9)19-16(20)10-2-3-11(17)12(18)7-10/h2-3,6-8H,4-5H2,1H3,(H,19,20). The number of fused-ring (bicyclic) bond motifs is 1. The van der Waals surface area contributed by atoms with Crippen molar-refractivity contribution in [1.29, 1.82) is 0 Å². The third-order valence-corrected chi connectivity index (χ3v) is 3.32. The molecule has 0 unspecified atom stereocenters. The summed E-state index contributed by atoms with van der Waals surface area (Å²) in [6, 6.07) is 6.41. The summed E-state index contributed by atoms with van der Waals surface area (Å²) in [6.07, 6.45) is 0. The van der Waals surface area contributed by atoms with Gasteiger partial charge in [0.05, 0.1) is 0 Å². The van der Waals surface area contributed by atoms with Gasteiger partial charge in [0.1, 0.15) is 13.2 Å². The number of halogens is 2. The van der Waals surface area contributed by atoms with E-state index >= 15 is 0 Å². The summed E-state index contributed by atoms with van der Waals surface area (Å²) in [4.78, 5) is 12.1. The van der Waals surface area contributed by atoms with Gasteiger partial charge in [0.25, 0.3) is 5.91 Å². The average molecular weight is 305 g/mol. The highest BCUT2D eigenvalue weighted by Gasteiger charge is 2.16. The van der Waals surface area contributed by atoms with Crippen LogP contribution in [-0.2, 0) is 0 Å². The maximum atomic E-state index is 13.2. The minimum Gasteiger partial charge on any atom is -0.486 e. The molecule has 0 atom stereocenters. The van der Waals surface area contributed by atoms with Gasteiger partial charge in [-0.25, -0.2) is 8.78 Å². The van der Waals surface area contributed by atoms with Crippen molar-refractivity contribution in [2.75, 3.05) is 18.5 Å². The predicted octanol–water partition coefficient (Wildman–Crippen LogP) is 3.30. The molecule has 1 amide bonds. The first-order chi connectivity index (χ1) is 10.5. The number of nitrogens with one attached hydrogen (secondary N) is 1. The topological polar surface area (TPSA) is 47.6 Å². The van der Waals surface area contributed by atoms with Crippen LogP contribution in [-0.4, -0.2) is 19.1 Å². The van der Waals surface area contributed by atoms with E-state index < -0.39 is 17.5 Å². The Labute approximate surface area is 125 Å². The third-order valence-electron chi connectivity index (χ3n) is 3.32. The van der Waals surface area contributed by atoms with Gasteiger partial charge in [0.15, 0.2) is 23.1 Å². The van der Waals surface area contributed by atoms with Crippen LogP contribution >= 0.6 is 0 Å². The fraction of sp³-hybridized carbons (Fsp3) is 0.188. The first kappa shape index (κ1) is 14.3. The van der Waals surface area contributed by atoms with Crippen molar-refractivity contribution >= 4 is 11.6 Å². The van der Waals surface area contributed by atoms with Gasteiger partial charge in [-0.05, 0) is 36.8 Å². The highest BCUT2D eigenvalue weighted by Crippen LogP contribution is 2.35. The van der Waals surface area contributed by atoms with Gasteiger partial charge in [-0.1, -0.05) is 0 Å². The molecule has 1 heterocycles. The first-order valence-electron chi connectivity index (χ1n) is 6.71. The number of carbonyl (C=O) groups is 1. The maximum absolute atomic E-state index is 13.2. The van der Waals surface area contributed by atoms with Crippen LogP contribution in [0, 0.1) is 18.6 Å². The van der Waals surface area contributed by atoms with Crippen LogP contribution in [0.15, 0.2) is 30.3 Å². The summed E-state index contributed by atoms with van der Waals surface area (Å²) in [7, 11) is 0. The van der Waals surface area contributed by atoms with E-state index in [4.69, 9.17) is 9.47 Å². The van der Waals surface area contributed by atoms with E-state index in [2.05, 4.69) is 5.32 Å². The molecule has 0 radical (unpaired) electrons. The monoisotopic (exact) mass is 305 g/mol. The summed E-state index contributed by atoms with van der Waals surface area (Å²) in [5.41, 5.74) is 1.34. The van der Waals surface area contributed by atoms with E-state index in [0.29, 0.717) is 30.4 Å². The molecule has 2 aromatic rings. The van der Waals surface area contributed by atoms with Crippen LogP contribution < -0.4 is 14.8 Å². The number of hydrogen-bond donors (Lipinski definition) is 1. The molecule has 0 saturated heterocycles. The molecule has 0 spiro atoms. The second-order valence-electron chi connectivity index (χ2n) is 4.89. The van der Waals surface area contributed by atoms with Crippen LogP contribution in [0.4, 0.5) is 14.5 Å². The van der Waals surface area contributed by atoms with Crippen molar-refractivity contribution in [2.24, 2.45) is 0 Å². The molecular formula is C16H13F2NO3. The summed E-state index contributed by atoms with van der Waals surface area (Å²) in [5.74, 6) is -1.43. The fourth-order valence-corrected chi connectivity index (χ4v) is 2.16. The normalized spacial score (nSPS) is 12.9. The lowest BCUT2D eigenvalue weighted by Crippen LogP contribution is -2.17. The van der Waals surface area contributed by atoms with Gasteiger partial charge in [-0.15, -0.1) is 0 Å². The highest BCUT2D eigenvalue weighted by molar-refractivity contribution is 6.04. The number of carbonyl (C=O) groups excluding carboxylic acids is 1. The van der Waals surface area contributed by atoms with E-state index in [1.807, 2.05) is 0 Å². The summed E-state index contributed by atoms with van der Waals surface area (Å²) in [5, 5.41) is 2.66. The van der Waals surface area contributed by atoms with Crippen molar-refractivity contribution in [3.8, 4) is 11.5 Å². The van der Waals surface area contributed by atoms with E-state index in [1.165, 1.54) is 6.07 Å². The van der Waals surface area contributed by atoms with Gasteiger partial charge < -0.3 is 14.8 Å². The van der Waals surface area contributed by atoms with Crippen LogP contribution in [0.25, 0.3) is 0 Å². The molecule has 0 fully saturated rings. The Morgan fingerprint density at radius 3 is 2.41 bits per heavy atom. The molecule has 1 N–H and O–H groups in total. The van der Waals surface area contributed by atoms with E-state index in [1.54, 1.807) is 19.1 Å². The highest BCUT2D eigenvalue weighted by atomic mass is 19.2. The molecule has 0 aliphatic carbocycles. The molecule has 0 saturated carbocycles. The van der Waals surface area contributed by atoms with Crippen LogP contribution in [0.2, 0.25) is 0 Å². The van der Waals surface area contributed by atoms with E-state index in [-0.39, 0.29) is 5.56 Å². The Morgan fingerprint density at radius 2 is 1.73 bits per heavy atom. The zero-order valence-electron chi connectivity index (χ0n) is 11.8. The minimum atomic E-state index is -1.06. The number of rotatable bonds is 2. The first-order valence-corrected chi connectivity index (χ1v) is 6.71. The van der Waals surface area contributed by atoms with Crippen LogP contribution in [0.3, 0.4) is 0 Å². The van der Waals surface area contributed by atoms with E-state index in [0.717, 1.165) is 17.7 Å². The second kappa shape index (κ2) is 5.63. The van der Waals surface area contributed by atoms with Gasteiger partial charge in [0, 0.05) is 17.3 Å². The Bertz CT molecular complexity index is 746. The number of aryl methyl sites for hydroxylation is 1. The summed E-state index contributed by atoms with van der Waals surface area (Å²) in [6.45, 7) is 2.72. The molecule has 2 aromatic carbocycles. The maximum Gasteiger partial charge on any atom is 0.255 e. The molecule has 22 heavy (non-hydrogen) atoms. The van der Waals surface area contributed by atoms with Gasteiger partial charge in [-0.2, -0.15) is 0 Å². The molecular weight excluding hydrogens is 292 g/mol. The quantitative estimate of drug-likeness (QED) is 0.926. The van der Waals surface area contributed by atoms with Crippen molar-refractivity contribution in [1.82, 2.24) is 0 Å². The second-order valence-corrected chi connectivity index (χ2v) is 4.89. The van der Waals surface area contributed by atoms with Crippen molar-refractivity contribution in [3.63, 3.8) is 0 Å². The Kier molecular flexibility index (Phi) is 3.66. The smallest absolute Gasteiger partial charge is 0.255 e. The lowest BCUT2D eigenvalue weighted by molar-refractivity contribution is 0.102. The molecule has 6 heteroatoms. The Morgan fingerprint density at radius 1 is 1.05 bits per heavy atom. The molecule has 1 aliphatic heterocycles. The van der Waals surface area contributed by atoms with Crippen molar-refractivity contribution in [3.05, 3.63) is 53.1 Å². The van der Waals surface area contributed by atoms with Crippen LogP contribution in [0.1, 0.15) is 15.9 Å². The number of amides is 1. The number of anilines is 1. The number of benzene rings is 2. The SMILES string of the molecule is Cc1cc2c(cc1NC(=O)c1ccc(F)c(F)c1)OCCO2. The third kappa shape index (κ3) is 2.72. The van der Waals surface area contributed by atoms with Gasteiger partial charge >= 0.3 is 0 Å². The Hall–Kier alpha value is -2.63. The molecule has 0 bridgehead atoms. The molecule has 3 rings (SSSR count). The van der Waals surface area contributed by atoms with Gasteiger partial charge in [0.2, 0.25) is 0 Å². The zero-order chi connectivity index (χ0) is 15.7. The van der Waals surface area contributed by atoms with Crippen molar-refractivity contribution < 1.29 is 23.0 Å². The molecule has 114 valence electrons. The lowest BCUT2D eigenvalue weighted by Gasteiger charge is -2.20. The number of hydrogen-bond acceptors (Lipinski definition) is 3. The molecule has 4 nitrogen and oxygen atoms in total. The summed E-state index contributed by atoms with van der Waals surface area (Å²) < 4.78 is 37.0. The average Bonchev–Trinajstić information content (AvgIpc) is 2.50. The van der Waals surface area contributed by atoms with Crippen molar-refractivity contribution in [2.45, 2.75) is 6.92 Å². The molecule has 0 aromatic heterocycles. The van der Waals surface area contributed by atoms with E-state index in [9.17, 15) is 13.6 Å². The predicted molar refractivity (Wildman–Crippen MR) is 76.5 cm³/mol. The minimum absolute atomic E-state index is 0.0354. The van der Waals surface area contributed by atoms with Gasteiger partial charge in [-0.3, -0.25) is 4.79 Å². The Balaban J connectivity index is 1.86. The largest absolute Gasteiger partial charge is 0.486 e.